The number of aromatic nitrogens is 2. The van der Waals surface area contributed by atoms with Crippen molar-refractivity contribution >= 4 is 11.7 Å². The van der Waals surface area contributed by atoms with Gasteiger partial charge in [-0.2, -0.15) is 0 Å². The van der Waals surface area contributed by atoms with E-state index in [4.69, 9.17) is 0 Å². The molecule has 22 heavy (non-hydrogen) atoms. The zero-order valence-corrected chi connectivity index (χ0v) is 14.2. The van der Waals surface area contributed by atoms with Crippen LogP contribution in [-0.2, 0) is 0 Å². The van der Waals surface area contributed by atoms with Gasteiger partial charge >= 0.3 is 0 Å². The number of carbonyl (C=O) groups excluding carboxylic acids is 1. The Hall–Kier alpha value is -1.65. The van der Waals surface area contributed by atoms with Crippen molar-refractivity contribution < 1.29 is 4.79 Å². The molecule has 0 atom stereocenters. The number of nitrogens with zero attached hydrogens (tertiary/aromatic N) is 2. The van der Waals surface area contributed by atoms with Crippen molar-refractivity contribution in [2.24, 2.45) is 0 Å². The molecule has 0 bridgehead atoms. The number of aryl methyl sites for hydroxylation is 1. The number of hydrogen-bond acceptors (Lipinski definition) is 4. The maximum Gasteiger partial charge on any atom is 0.270 e. The Labute approximate surface area is 133 Å². The summed E-state index contributed by atoms with van der Waals surface area (Å²) in [4.78, 5) is 21.0. The normalized spacial score (nSPS) is 16.9. The Balaban J connectivity index is 2.10. The van der Waals surface area contributed by atoms with E-state index >= 15 is 0 Å². The molecule has 0 spiro atoms. The highest BCUT2D eigenvalue weighted by molar-refractivity contribution is 5.93. The molecule has 1 aliphatic carbocycles. The molecule has 1 aromatic rings. The number of hydrogen-bond donors (Lipinski definition) is 2. The molecule has 5 nitrogen and oxygen atoms in total. The highest BCUT2D eigenvalue weighted by Crippen LogP contribution is 2.20. The summed E-state index contributed by atoms with van der Waals surface area (Å²) in [5.74, 6) is 1.23. The maximum absolute atomic E-state index is 12.3. The molecule has 1 aliphatic rings. The lowest BCUT2D eigenvalue weighted by Gasteiger charge is -2.21. The summed E-state index contributed by atoms with van der Waals surface area (Å²) in [5.41, 5.74) is 0.156. The van der Waals surface area contributed by atoms with E-state index in [0.717, 1.165) is 5.82 Å². The fourth-order valence-corrected chi connectivity index (χ4v) is 2.80. The Bertz CT molecular complexity index is 514. The van der Waals surface area contributed by atoms with Crippen molar-refractivity contribution in [2.75, 3.05) is 5.32 Å². The monoisotopic (exact) mass is 304 g/mol. The molecule has 0 saturated heterocycles. The Kier molecular flexibility index (Phi) is 5.37. The summed E-state index contributed by atoms with van der Waals surface area (Å²) in [6, 6.07) is 2.22. The minimum atomic E-state index is -0.273. The summed E-state index contributed by atoms with van der Waals surface area (Å²) in [6.07, 6.45) is 7.51. The first-order valence-electron chi connectivity index (χ1n) is 8.28. The molecule has 1 heterocycles. The second-order valence-electron chi connectivity index (χ2n) is 7.22. The highest BCUT2D eigenvalue weighted by atomic mass is 16.2. The first-order valence-corrected chi connectivity index (χ1v) is 8.28. The number of anilines is 1. The van der Waals surface area contributed by atoms with Gasteiger partial charge in [0.25, 0.3) is 5.91 Å². The SMILES string of the molecule is Cc1nc(NC2CCCCCC2)cc(C(=O)NC(C)(C)C)n1. The van der Waals surface area contributed by atoms with E-state index in [-0.39, 0.29) is 11.4 Å². The number of amides is 1. The van der Waals surface area contributed by atoms with Crippen LogP contribution in [0.25, 0.3) is 0 Å². The molecular formula is C17H28N4O. The lowest BCUT2D eigenvalue weighted by molar-refractivity contribution is 0.0914. The summed E-state index contributed by atoms with van der Waals surface area (Å²) < 4.78 is 0. The van der Waals surface area contributed by atoms with E-state index in [0.29, 0.717) is 17.6 Å². The average molecular weight is 304 g/mol. The molecular weight excluding hydrogens is 276 g/mol. The molecule has 1 aromatic heterocycles. The predicted molar refractivity (Wildman–Crippen MR) is 89.1 cm³/mol. The van der Waals surface area contributed by atoms with Gasteiger partial charge in [0, 0.05) is 17.6 Å². The second kappa shape index (κ2) is 7.07. The van der Waals surface area contributed by atoms with Crippen LogP contribution in [0.5, 0.6) is 0 Å². The van der Waals surface area contributed by atoms with Gasteiger partial charge in [0.15, 0.2) is 0 Å². The lowest BCUT2D eigenvalue weighted by atomic mass is 10.1. The molecule has 1 amide bonds. The van der Waals surface area contributed by atoms with Gasteiger partial charge in [-0.3, -0.25) is 4.79 Å². The largest absolute Gasteiger partial charge is 0.367 e. The van der Waals surface area contributed by atoms with Crippen molar-refractivity contribution in [3.05, 3.63) is 17.6 Å². The molecule has 1 fully saturated rings. The third-order valence-corrected chi connectivity index (χ3v) is 3.77. The van der Waals surface area contributed by atoms with Crippen LogP contribution in [0.2, 0.25) is 0 Å². The van der Waals surface area contributed by atoms with E-state index in [1.165, 1.54) is 38.5 Å². The Morgan fingerprint density at radius 1 is 1.14 bits per heavy atom. The van der Waals surface area contributed by atoms with Crippen LogP contribution < -0.4 is 10.6 Å². The van der Waals surface area contributed by atoms with Crippen LogP contribution in [0.15, 0.2) is 6.07 Å². The van der Waals surface area contributed by atoms with Crippen LogP contribution in [0.3, 0.4) is 0 Å². The van der Waals surface area contributed by atoms with Gasteiger partial charge in [0.1, 0.15) is 17.3 Å². The van der Waals surface area contributed by atoms with Crippen molar-refractivity contribution in [3.8, 4) is 0 Å². The Morgan fingerprint density at radius 3 is 2.36 bits per heavy atom. The van der Waals surface area contributed by atoms with Gasteiger partial charge in [-0.15, -0.1) is 0 Å². The van der Waals surface area contributed by atoms with Crippen molar-refractivity contribution in [1.82, 2.24) is 15.3 Å². The van der Waals surface area contributed by atoms with Crippen LogP contribution in [-0.4, -0.2) is 27.5 Å². The van der Waals surface area contributed by atoms with Gasteiger partial charge < -0.3 is 10.6 Å². The minimum absolute atomic E-state index is 0.151. The maximum atomic E-state index is 12.3. The zero-order chi connectivity index (χ0) is 16.2. The number of nitrogens with one attached hydrogen (secondary N) is 2. The lowest BCUT2D eigenvalue weighted by Crippen LogP contribution is -2.41. The summed E-state index contributed by atoms with van der Waals surface area (Å²) >= 11 is 0. The standard InChI is InChI=1S/C17H28N4O/c1-12-18-14(16(22)21-17(2,3)4)11-15(19-12)20-13-9-7-5-6-8-10-13/h11,13H,5-10H2,1-4H3,(H,21,22)(H,18,19,20). The highest BCUT2D eigenvalue weighted by Gasteiger charge is 2.18. The summed E-state index contributed by atoms with van der Waals surface area (Å²) in [6.45, 7) is 7.71. The molecule has 1 saturated carbocycles. The summed E-state index contributed by atoms with van der Waals surface area (Å²) in [7, 11) is 0. The van der Waals surface area contributed by atoms with Crippen LogP contribution >= 0.6 is 0 Å². The van der Waals surface area contributed by atoms with Crippen molar-refractivity contribution in [3.63, 3.8) is 0 Å². The molecule has 122 valence electrons. The van der Waals surface area contributed by atoms with Crippen LogP contribution in [0.1, 0.15) is 75.6 Å². The van der Waals surface area contributed by atoms with Crippen molar-refractivity contribution in [1.29, 1.82) is 0 Å². The molecule has 2 N–H and O–H groups in total. The van der Waals surface area contributed by atoms with Gasteiger partial charge in [0.05, 0.1) is 0 Å². The zero-order valence-electron chi connectivity index (χ0n) is 14.2. The molecule has 0 aromatic carbocycles. The quantitative estimate of drug-likeness (QED) is 0.839. The van der Waals surface area contributed by atoms with Crippen LogP contribution in [0.4, 0.5) is 5.82 Å². The van der Waals surface area contributed by atoms with E-state index in [9.17, 15) is 4.79 Å². The van der Waals surface area contributed by atoms with Crippen molar-refractivity contribution in [2.45, 2.75) is 77.8 Å². The predicted octanol–water partition coefficient (Wildman–Crippen LogP) is 3.45. The number of carbonyl (C=O) groups is 1. The third-order valence-electron chi connectivity index (χ3n) is 3.77. The molecule has 0 unspecified atom stereocenters. The van der Waals surface area contributed by atoms with E-state index < -0.39 is 0 Å². The average Bonchev–Trinajstić information content (AvgIpc) is 2.64. The van der Waals surface area contributed by atoms with E-state index in [1.54, 1.807) is 6.07 Å². The Morgan fingerprint density at radius 2 is 1.77 bits per heavy atom. The molecule has 0 radical (unpaired) electrons. The van der Waals surface area contributed by atoms with Gasteiger partial charge in [0.2, 0.25) is 0 Å². The van der Waals surface area contributed by atoms with E-state index in [2.05, 4.69) is 20.6 Å². The fraction of sp³-hybridized carbons (Fsp3) is 0.706. The topological polar surface area (TPSA) is 66.9 Å². The van der Waals surface area contributed by atoms with Gasteiger partial charge in [-0.25, -0.2) is 9.97 Å². The smallest absolute Gasteiger partial charge is 0.270 e. The second-order valence-corrected chi connectivity index (χ2v) is 7.22. The first-order chi connectivity index (χ1) is 10.3. The fourth-order valence-electron chi connectivity index (χ4n) is 2.80. The number of rotatable bonds is 3. The first kappa shape index (κ1) is 16.7. The van der Waals surface area contributed by atoms with Gasteiger partial charge in [-0.1, -0.05) is 25.7 Å². The van der Waals surface area contributed by atoms with Crippen LogP contribution in [0, 0.1) is 6.92 Å². The molecule has 5 heteroatoms. The molecule has 2 rings (SSSR count). The van der Waals surface area contributed by atoms with Gasteiger partial charge in [-0.05, 0) is 40.5 Å². The minimum Gasteiger partial charge on any atom is -0.367 e. The molecule has 0 aliphatic heterocycles. The van der Waals surface area contributed by atoms with E-state index in [1.807, 2.05) is 27.7 Å². The summed E-state index contributed by atoms with van der Waals surface area (Å²) in [5, 5.41) is 6.44. The third kappa shape index (κ3) is 5.28.